The van der Waals surface area contributed by atoms with Crippen LogP contribution < -0.4 is 0 Å². The Labute approximate surface area is 203 Å². The summed E-state index contributed by atoms with van der Waals surface area (Å²) < 4.78 is 29.7. The summed E-state index contributed by atoms with van der Waals surface area (Å²) >= 11 is 0. The van der Waals surface area contributed by atoms with Crippen molar-refractivity contribution >= 4 is 27.0 Å². The van der Waals surface area contributed by atoms with Crippen LogP contribution >= 0.6 is 17.0 Å². The van der Waals surface area contributed by atoms with E-state index in [1.807, 2.05) is 6.07 Å². The normalized spacial score (nSPS) is 12.5. The fourth-order valence-electron chi connectivity index (χ4n) is 4.28. The number of sulfonamides is 1. The molecule has 0 aliphatic carbocycles. The lowest BCUT2D eigenvalue weighted by Gasteiger charge is -2.41. The third-order valence-corrected chi connectivity index (χ3v) is 6.83. The van der Waals surface area contributed by atoms with Gasteiger partial charge in [-0.2, -0.15) is 0 Å². The quantitative estimate of drug-likeness (QED) is 0.163. The Kier molecular flexibility index (Phi) is 15.2. The van der Waals surface area contributed by atoms with Crippen LogP contribution in [0.5, 0.6) is 0 Å². The minimum absolute atomic E-state index is 0. The molecule has 0 fully saturated rings. The molecule has 0 spiro atoms. The fraction of sp³-hybridized carbons (Fsp3) is 0.760. The summed E-state index contributed by atoms with van der Waals surface area (Å²) in [4.78, 5) is 0. The highest BCUT2D eigenvalue weighted by Crippen LogP contribution is 2.25. The Hall–Kier alpha value is -0.430. The number of rotatable bonds is 17. The second-order valence-corrected chi connectivity index (χ2v) is 12.1. The van der Waals surface area contributed by atoms with E-state index >= 15 is 0 Å². The Morgan fingerprint density at radius 2 is 1.39 bits per heavy atom. The van der Waals surface area contributed by atoms with Gasteiger partial charge in [0, 0.05) is 11.3 Å². The predicted molar refractivity (Wildman–Crippen MR) is 140 cm³/mol. The van der Waals surface area contributed by atoms with Crippen molar-refractivity contribution in [3.8, 4) is 0 Å². The van der Waals surface area contributed by atoms with Gasteiger partial charge in [0.05, 0.1) is 30.7 Å². The van der Waals surface area contributed by atoms with Crippen molar-refractivity contribution in [2.45, 2.75) is 85.1 Å². The van der Waals surface area contributed by atoms with E-state index in [1.165, 1.54) is 44.1 Å². The molecule has 31 heavy (non-hydrogen) atoms. The molecule has 6 heteroatoms. The number of benzene rings is 1. The second-order valence-electron chi connectivity index (χ2n) is 10.3. The lowest BCUT2D eigenvalue weighted by molar-refractivity contribution is -0.909. The number of nitrogens with zero attached hydrogens (tertiary/aromatic N) is 2. The Balaban J connectivity index is 0.00000900. The van der Waals surface area contributed by atoms with Gasteiger partial charge >= 0.3 is 0 Å². The molecule has 0 aliphatic rings. The Bertz CT molecular complexity index is 676. The van der Waals surface area contributed by atoms with E-state index in [2.05, 4.69) is 63.9 Å². The van der Waals surface area contributed by atoms with Crippen LogP contribution in [-0.4, -0.2) is 45.8 Å². The molecule has 1 rings (SSSR count). The average Bonchev–Trinajstić information content (AvgIpc) is 2.65. The molecule has 0 atom stereocenters. The molecular weight excluding hydrogens is 472 g/mol. The van der Waals surface area contributed by atoms with E-state index in [-0.39, 0.29) is 28.1 Å². The maximum Gasteiger partial charge on any atom is 0.104 e. The molecule has 0 bridgehead atoms. The maximum atomic E-state index is 12.4. The van der Waals surface area contributed by atoms with E-state index in [1.54, 1.807) is 0 Å². The highest BCUT2D eigenvalue weighted by molar-refractivity contribution is 8.93. The smallest absolute Gasteiger partial charge is 0.104 e. The third-order valence-electron chi connectivity index (χ3n) is 5.50. The van der Waals surface area contributed by atoms with Crippen molar-refractivity contribution in [1.82, 2.24) is 0 Å². The SMILES string of the molecule is Br.CCCCCCCCCCCS(=O)(=O)[N-]CC(C)(C)C[N+](C)(C)Cc1ccccc1. The molecule has 0 radical (unpaired) electrons. The number of halogens is 1. The van der Waals surface area contributed by atoms with Gasteiger partial charge in [0.25, 0.3) is 0 Å². The first-order valence-corrected chi connectivity index (χ1v) is 13.4. The van der Waals surface area contributed by atoms with Crippen LogP contribution in [-0.2, 0) is 16.6 Å². The highest BCUT2D eigenvalue weighted by Gasteiger charge is 2.26. The first kappa shape index (κ1) is 30.6. The summed E-state index contributed by atoms with van der Waals surface area (Å²) in [5.74, 6) is 0.196. The van der Waals surface area contributed by atoms with Crippen molar-refractivity contribution in [3.63, 3.8) is 0 Å². The standard InChI is InChI=1S/C25H46N2O2S.BrH/c1-6-7-8-9-10-11-12-13-17-20-30(28,29)26-22-25(2,3)23-27(4,5)21-24-18-15-14-16-19-24;/h14-16,18-19H,6-13,17,20-23H2,1-5H3;1H. The van der Waals surface area contributed by atoms with Crippen LogP contribution in [0, 0.1) is 5.41 Å². The number of hydrogen-bond donors (Lipinski definition) is 0. The van der Waals surface area contributed by atoms with Crippen LogP contribution in [0.3, 0.4) is 0 Å². The molecule has 0 heterocycles. The minimum atomic E-state index is -3.32. The number of quaternary nitrogens is 1. The van der Waals surface area contributed by atoms with Crippen LogP contribution in [0.15, 0.2) is 30.3 Å². The topological polar surface area (TPSA) is 48.2 Å². The van der Waals surface area contributed by atoms with Gasteiger partial charge < -0.3 is 9.21 Å². The molecule has 0 aliphatic heterocycles. The van der Waals surface area contributed by atoms with E-state index in [0.29, 0.717) is 6.54 Å². The molecule has 1 aromatic rings. The molecule has 0 aromatic heterocycles. The van der Waals surface area contributed by atoms with E-state index in [9.17, 15) is 8.42 Å². The first-order valence-electron chi connectivity index (χ1n) is 11.8. The first-order chi connectivity index (χ1) is 14.1. The molecule has 0 amide bonds. The van der Waals surface area contributed by atoms with Gasteiger partial charge in [0.1, 0.15) is 6.54 Å². The molecule has 4 nitrogen and oxygen atoms in total. The van der Waals surface area contributed by atoms with E-state index in [0.717, 1.165) is 36.8 Å². The van der Waals surface area contributed by atoms with Crippen LogP contribution in [0.25, 0.3) is 4.72 Å². The molecule has 0 saturated heterocycles. The van der Waals surface area contributed by atoms with Crippen molar-refractivity contribution in [1.29, 1.82) is 0 Å². The summed E-state index contributed by atoms with van der Waals surface area (Å²) in [6.07, 6.45) is 10.6. The van der Waals surface area contributed by atoms with Gasteiger partial charge in [-0.1, -0.05) is 102 Å². The molecule has 0 N–H and O–H groups in total. The second kappa shape index (κ2) is 15.4. The van der Waals surface area contributed by atoms with E-state index in [4.69, 9.17) is 0 Å². The summed E-state index contributed by atoms with van der Waals surface area (Å²) in [5, 5.41) is 0. The van der Waals surface area contributed by atoms with Gasteiger partial charge in [-0.15, -0.1) is 23.5 Å². The van der Waals surface area contributed by atoms with Gasteiger partial charge in [-0.3, -0.25) is 0 Å². The largest absolute Gasteiger partial charge is 0.548 e. The summed E-state index contributed by atoms with van der Waals surface area (Å²) in [7, 11) is 1.08. The van der Waals surface area contributed by atoms with Crippen LogP contribution in [0.1, 0.15) is 84.1 Å². The monoisotopic (exact) mass is 518 g/mol. The molecule has 182 valence electrons. The molecule has 0 saturated carbocycles. The Morgan fingerprint density at radius 1 is 0.871 bits per heavy atom. The lowest BCUT2D eigenvalue weighted by atomic mass is 9.92. The summed E-state index contributed by atoms with van der Waals surface area (Å²) in [5.41, 5.74) is 1.14. The summed E-state index contributed by atoms with van der Waals surface area (Å²) in [6.45, 7) is 8.64. The molecule has 1 aromatic carbocycles. The summed E-state index contributed by atoms with van der Waals surface area (Å²) in [6, 6.07) is 10.5. The number of hydrogen-bond acceptors (Lipinski definition) is 2. The predicted octanol–water partition coefficient (Wildman–Crippen LogP) is 7.10. The Morgan fingerprint density at radius 3 is 1.94 bits per heavy atom. The van der Waals surface area contributed by atoms with Crippen molar-refractivity contribution < 1.29 is 12.9 Å². The van der Waals surface area contributed by atoms with Gasteiger partial charge in [-0.25, -0.2) is 8.42 Å². The van der Waals surface area contributed by atoms with Gasteiger partial charge in [-0.05, 0) is 11.8 Å². The van der Waals surface area contributed by atoms with Crippen molar-refractivity contribution in [3.05, 3.63) is 40.6 Å². The van der Waals surface area contributed by atoms with Crippen molar-refractivity contribution in [2.75, 3.05) is 32.9 Å². The number of unbranched alkanes of at least 4 members (excludes halogenated alkanes) is 8. The zero-order valence-electron chi connectivity index (χ0n) is 20.6. The zero-order valence-corrected chi connectivity index (χ0v) is 23.1. The van der Waals surface area contributed by atoms with Crippen molar-refractivity contribution in [2.24, 2.45) is 5.41 Å². The van der Waals surface area contributed by atoms with Crippen LogP contribution in [0.2, 0.25) is 0 Å². The van der Waals surface area contributed by atoms with Crippen LogP contribution in [0.4, 0.5) is 0 Å². The zero-order chi connectivity index (χ0) is 22.5. The molecule has 0 unspecified atom stereocenters. The van der Waals surface area contributed by atoms with Gasteiger partial charge in [0.15, 0.2) is 0 Å². The molecular formula is C25H47BrN2O2S. The fourth-order valence-corrected chi connectivity index (χ4v) is 5.52. The average molecular weight is 520 g/mol. The maximum absolute atomic E-state index is 12.4. The minimum Gasteiger partial charge on any atom is -0.548 e. The van der Waals surface area contributed by atoms with E-state index < -0.39 is 10.0 Å². The third kappa shape index (κ3) is 15.9. The van der Waals surface area contributed by atoms with Gasteiger partial charge in [0.2, 0.25) is 0 Å². The highest BCUT2D eigenvalue weighted by atomic mass is 79.9. The lowest BCUT2D eigenvalue weighted by Crippen LogP contribution is -2.46.